The maximum Gasteiger partial charge on any atom is 0.224 e. The fraction of sp³-hybridized carbons (Fsp3) is 0.467. The fourth-order valence-corrected chi connectivity index (χ4v) is 1.69. The Labute approximate surface area is 114 Å². The van der Waals surface area contributed by atoms with E-state index in [1.807, 2.05) is 44.2 Å². The molecule has 0 aliphatic rings. The van der Waals surface area contributed by atoms with Crippen LogP contribution in [0.1, 0.15) is 25.8 Å². The van der Waals surface area contributed by atoms with E-state index in [2.05, 4.69) is 10.6 Å². The Bertz CT molecular complexity index is 402. The van der Waals surface area contributed by atoms with Crippen LogP contribution in [-0.4, -0.2) is 24.9 Å². The summed E-state index contributed by atoms with van der Waals surface area (Å²) in [6, 6.07) is 9.59. The third-order valence-corrected chi connectivity index (χ3v) is 2.57. The zero-order chi connectivity index (χ0) is 14.1. The molecule has 2 N–H and O–H groups in total. The van der Waals surface area contributed by atoms with Gasteiger partial charge in [-0.05, 0) is 11.5 Å². The van der Waals surface area contributed by atoms with Gasteiger partial charge >= 0.3 is 0 Å². The predicted octanol–water partition coefficient (Wildman–Crippen LogP) is 1.51. The van der Waals surface area contributed by atoms with Crippen molar-refractivity contribution in [2.24, 2.45) is 5.92 Å². The molecule has 0 heterocycles. The highest BCUT2D eigenvalue weighted by Crippen LogP contribution is 1.99. The summed E-state index contributed by atoms with van der Waals surface area (Å²) in [5.74, 6) is 0.365. The number of nitrogens with one attached hydrogen (secondary N) is 2. The lowest BCUT2D eigenvalue weighted by atomic mass is 10.1. The lowest BCUT2D eigenvalue weighted by Gasteiger charge is -2.08. The SMILES string of the molecule is CC(C)CC(=O)NCCNC(=O)Cc1ccccc1. The Morgan fingerprint density at radius 2 is 1.58 bits per heavy atom. The number of carbonyl (C=O) groups is 2. The number of rotatable bonds is 7. The third-order valence-electron chi connectivity index (χ3n) is 2.57. The molecular formula is C15H22N2O2. The molecule has 0 fully saturated rings. The van der Waals surface area contributed by atoms with Gasteiger partial charge in [0.05, 0.1) is 6.42 Å². The minimum atomic E-state index is -0.0238. The topological polar surface area (TPSA) is 58.2 Å². The summed E-state index contributed by atoms with van der Waals surface area (Å²) in [5.41, 5.74) is 0.990. The van der Waals surface area contributed by atoms with E-state index in [0.717, 1.165) is 5.56 Å². The second kappa shape index (κ2) is 8.29. The largest absolute Gasteiger partial charge is 0.354 e. The van der Waals surface area contributed by atoms with Gasteiger partial charge in [-0.3, -0.25) is 9.59 Å². The molecular weight excluding hydrogens is 240 g/mol. The number of hydrogen-bond donors (Lipinski definition) is 2. The van der Waals surface area contributed by atoms with E-state index in [1.54, 1.807) is 0 Å². The molecule has 0 unspecified atom stereocenters. The number of amides is 2. The molecule has 0 saturated heterocycles. The van der Waals surface area contributed by atoms with E-state index in [-0.39, 0.29) is 11.8 Å². The number of benzene rings is 1. The molecule has 104 valence electrons. The second-order valence-electron chi connectivity index (χ2n) is 4.96. The third kappa shape index (κ3) is 7.24. The molecule has 4 nitrogen and oxygen atoms in total. The summed E-state index contributed by atoms with van der Waals surface area (Å²) in [5, 5.41) is 5.57. The van der Waals surface area contributed by atoms with Crippen molar-refractivity contribution < 1.29 is 9.59 Å². The zero-order valence-corrected chi connectivity index (χ0v) is 11.6. The standard InChI is InChI=1S/C15H22N2O2/c1-12(2)10-14(18)16-8-9-17-15(19)11-13-6-4-3-5-7-13/h3-7,12H,8-11H2,1-2H3,(H,16,18)(H,17,19). The first-order valence-corrected chi connectivity index (χ1v) is 6.65. The van der Waals surface area contributed by atoms with Gasteiger partial charge in [-0.2, -0.15) is 0 Å². The van der Waals surface area contributed by atoms with Gasteiger partial charge in [0.25, 0.3) is 0 Å². The molecule has 0 spiro atoms. The van der Waals surface area contributed by atoms with Gasteiger partial charge in [-0.1, -0.05) is 44.2 Å². The van der Waals surface area contributed by atoms with Crippen molar-refractivity contribution in [3.63, 3.8) is 0 Å². The van der Waals surface area contributed by atoms with Crippen LogP contribution in [0.4, 0.5) is 0 Å². The van der Waals surface area contributed by atoms with Crippen molar-refractivity contribution in [3.05, 3.63) is 35.9 Å². The Balaban J connectivity index is 2.13. The first kappa shape index (κ1) is 15.2. The first-order chi connectivity index (χ1) is 9.08. The first-order valence-electron chi connectivity index (χ1n) is 6.65. The zero-order valence-electron chi connectivity index (χ0n) is 11.6. The smallest absolute Gasteiger partial charge is 0.224 e. The van der Waals surface area contributed by atoms with E-state index in [0.29, 0.717) is 31.8 Å². The quantitative estimate of drug-likeness (QED) is 0.732. The van der Waals surface area contributed by atoms with E-state index in [9.17, 15) is 9.59 Å². The highest BCUT2D eigenvalue weighted by atomic mass is 16.2. The average Bonchev–Trinajstić information content (AvgIpc) is 2.35. The van der Waals surface area contributed by atoms with Crippen molar-refractivity contribution in [2.75, 3.05) is 13.1 Å². The van der Waals surface area contributed by atoms with Crippen LogP contribution in [-0.2, 0) is 16.0 Å². The molecule has 0 aliphatic heterocycles. The van der Waals surface area contributed by atoms with Crippen molar-refractivity contribution in [1.29, 1.82) is 0 Å². The Hall–Kier alpha value is -1.84. The van der Waals surface area contributed by atoms with Crippen molar-refractivity contribution in [1.82, 2.24) is 10.6 Å². The normalized spacial score (nSPS) is 10.3. The summed E-state index contributed by atoms with van der Waals surface area (Å²) < 4.78 is 0. The summed E-state index contributed by atoms with van der Waals surface area (Å²) in [7, 11) is 0. The molecule has 0 aromatic heterocycles. The van der Waals surface area contributed by atoms with Gasteiger partial charge in [0.1, 0.15) is 0 Å². The summed E-state index contributed by atoms with van der Waals surface area (Å²) >= 11 is 0. The monoisotopic (exact) mass is 262 g/mol. The number of hydrogen-bond acceptors (Lipinski definition) is 2. The summed E-state index contributed by atoms with van der Waals surface area (Å²) in [4.78, 5) is 23.0. The summed E-state index contributed by atoms with van der Waals surface area (Å²) in [6.07, 6.45) is 0.902. The fourth-order valence-electron chi connectivity index (χ4n) is 1.69. The van der Waals surface area contributed by atoms with Crippen LogP contribution >= 0.6 is 0 Å². The van der Waals surface area contributed by atoms with Gasteiger partial charge in [-0.15, -0.1) is 0 Å². The maximum absolute atomic E-state index is 11.6. The highest BCUT2D eigenvalue weighted by Gasteiger charge is 2.05. The van der Waals surface area contributed by atoms with Crippen LogP contribution < -0.4 is 10.6 Å². The average molecular weight is 262 g/mol. The molecule has 1 rings (SSSR count). The molecule has 19 heavy (non-hydrogen) atoms. The van der Waals surface area contributed by atoms with Crippen LogP contribution in [0, 0.1) is 5.92 Å². The molecule has 2 amide bonds. The van der Waals surface area contributed by atoms with E-state index in [4.69, 9.17) is 0 Å². The molecule has 0 bridgehead atoms. The molecule has 0 saturated carbocycles. The van der Waals surface area contributed by atoms with Gasteiger partial charge in [0, 0.05) is 19.5 Å². The van der Waals surface area contributed by atoms with E-state index >= 15 is 0 Å². The highest BCUT2D eigenvalue weighted by molar-refractivity contribution is 5.79. The Morgan fingerprint density at radius 3 is 2.16 bits per heavy atom. The van der Waals surface area contributed by atoms with Gasteiger partial charge in [-0.25, -0.2) is 0 Å². The summed E-state index contributed by atoms with van der Waals surface area (Å²) in [6.45, 7) is 4.95. The Morgan fingerprint density at radius 1 is 1.00 bits per heavy atom. The van der Waals surface area contributed by atoms with E-state index < -0.39 is 0 Å². The molecule has 1 aromatic carbocycles. The van der Waals surface area contributed by atoms with Crippen molar-refractivity contribution in [3.8, 4) is 0 Å². The van der Waals surface area contributed by atoms with Crippen LogP contribution in [0.15, 0.2) is 30.3 Å². The van der Waals surface area contributed by atoms with Crippen LogP contribution in [0.25, 0.3) is 0 Å². The minimum Gasteiger partial charge on any atom is -0.354 e. The van der Waals surface area contributed by atoms with Crippen molar-refractivity contribution in [2.45, 2.75) is 26.7 Å². The van der Waals surface area contributed by atoms with Gasteiger partial charge in [0.15, 0.2) is 0 Å². The number of carbonyl (C=O) groups excluding carboxylic acids is 2. The molecule has 0 atom stereocenters. The lowest BCUT2D eigenvalue weighted by Crippen LogP contribution is -2.35. The Kier molecular flexibility index (Phi) is 6.64. The molecule has 1 aromatic rings. The van der Waals surface area contributed by atoms with Crippen LogP contribution in [0.5, 0.6) is 0 Å². The lowest BCUT2D eigenvalue weighted by molar-refractivity contribution is -0.123. The van der Waals surface area contributed by atoms with Crippen molar-refractivity contribution >= 4 is 11.8 Å². The molecule has 4 heteroatoms. The van der Waals surface area contributed by atoms with Crippen LogP contribution in [0.3, 0.4) is 0 Å². The van der Waals surface area contributed by atoms with E-state index in [1.165, 1.54) is 0 Å². The maximum atomic E-state index is 11.6. The minimum absolute atomic E-state index is 0.0238. The predicted molar refractivity (Wildman–Crippen MR) is 75.6 cm³/mol. The van der Waals surface area contributed by atoms with Crippen LogP contribution in [0.2, 0.25) is 0 Å². The molecule has 0 aliphatic carbocycles. The van der Waals surface area contributed by atoms with Gasteiger partial charge < -0.3 is 10.6 Å². The van der Waals surface area contributed by atoms with Gasteiger partial charge in [0.2, 0.25) is 11.8 Å². The molecule has 0 radical (unpaired) electrons. The second-order valence-corrected chi connectivity index (χ2v) is 4.96.